The maximum atomic E-state index is 13.1. The van der Waals surface area contributed by atoms with E-state index in [9.17, 15) is 4.79 Å². The molecule has 1 amide bonds. The van der Waals surface area contributed by atoms with Gasteiger partial charge in [0, 0.05) is 6.54 Å². The van der Waals surface area contributed by atoms with Crippen LogP contribution in [0.2, 0.25) is 0 Å². The Hall–Kier alpha value is -3.05. The maximum absolute atomic E-state index is 13.1. The smallest absolute Gasteiger partial charge is 0.257 e. The highest BCUT2D eigenvalue weighted by atomic mass is 16.5. The number of methoxy groups -OCH3 is 2. The molecular weight excluding hydrogens is 366 g/mol. The standard InChI is InChI=1S/C24H25NO4/c1-16-4-9-21(22(12-16)28-3)24(26)25-10-11-29-23(15-25)19-6-5-18-14-20(27-2)8-7-17(18)13-19/h4-9,12-14,23H,10-11,15H2,1-3H3/t23-/m1/s1. The van der Waals surface area contributed by atoms with Gasteiger partial charge in [0.2, 0.25) is 0 Å². The van der Waals surface area contributed by atoms with Crippen molar-refractivity contribution in [2.45, 2.75) is 13.0 Å². The van der Waals surface area contributed by atoms with Crippen LogP contribution in [0.3, 0.4) is 0 Å². The second-order valence-electron chi connectivity index (χ2n) is 7.29. The van der Waals surface area contributed by atoms with Crippen LogP contribution in [0.4, 0.5) is 0 Å². The predicted molar refractivity (Wildman–Crippen MR) is 113 cm³/mol. The molecule has 3 aromatic carbocycles. The van der Waals surface area contributed by atoms with E-state index in [2.05, 4.69) is 18.2 Å². The number of fused-ring (bicyclic) bond motifs is 1. The molecule has 29 heavy (non-hydrogen) atoms. The summed E-state index contributed by atoms with van der Waals surface area (Å²) in [5.41, 5.74) is 2.71. The molecule has 0 bridgehead atoms. The molecule has 0 radical (unpaired) electrons. The van der Waals surface area contributed by atoms with Gasteiger partial charge in [0.25, 0.3) is 5.91 Å². The molecule has 1 aliphatic rings. The number of rotatable bonds is 4. The summed E-state index contributed by atoms with van der Waals surface area (Å²) in [6, 6.07) is 17.9. The highest BCUT2D eigenvalue weighted by Crippen LogP contribution is 2.29. The Bertz CT molecular complexity index is 1050. The summed E-state index contributed by atoms with van der Waals surface area (Å²) in [7, 11) is 3.26. The molecule has 0 aromatic heterocycles. The van der Waals surface area contributed by atoms with Gasteiger partial charge in [-0.1, -0.05) is 24.3 Å². The number of benzene rings is 3. The van der Waals surface area contributed by atoms with Crippen LogP contribution < -0.4 is 9.47 Å². The van der Waals surface area contributed by atoms with E-state index < -0.39 is 0 Å². The van der Waals surface area contributed by atoms with Gasteiger partial charge in [-0.2, -0.15) is 0 Å². The number of carbonyl (C=O) groups is 1. The van der Waals surface area contributed by atoms with E-state index in [4.69, 9.17) is 14.2 Å². The normalized spacial score (nSPS) is 16.7. The Morgan fingerprint density at radius 1 is 1.00 bits per heavy atom. The Morgan fingerprint density at radius 2 is 1.79 bits per heavy atom. The zero-order valence-electron chi connectivity index (χ0n) is 17.0. The Balaban J connectivity index is 1.57. The van der Waals surface area contributed by atoms with E-state index in [1.807, 2.05) is 48.2 Å². The molecule has 5 nitrogen and oxygen atoms in total. The van der Waals surface area contributed by atoms with Crippen molar-refractivity contribution in [1.82, 2.24) is 4.90 Å². The molecule has 1 atom stereocenters. The third-order valence-electron chi connectivity index (χ3n) is 5.38. The van der Waals surface area contributed by atoms with Gasteiger partial charge in [-0.05, 0) is 59.2 Å². The van der Waals surface area contributed by atoms with Crippen molar-refractivity contribution in [3.8, 4) is 11.5 Å². The SMILES string of the molecule is COc1ccc2cc([C@H]3CN(C(=O)c4ccc(C)cc4OC)CCO3)ccc2c1. The van der Waals surface area contributed by atoms with Crippen LogP contribution in [0, 0.1) is 6.92 Å². The Labute approximate surface area is 170 Å². The topological polar surface area (TPSA) is 48.0 Å². The molecule has 0 N–H and O–H groups in total. The van der Waals surface area contributed by atoms with Gasteiger partial charge in [-0.25, -0.2) is 0 Å². The monoisotopic (exact) mass is 391 g/mol. The van der Waals surface area contributed by atoms with Crippen molar-refractivity contribution < 1.29 is 19.0 Å². The third kappa shape index (κ3) is 3.91. The van der Waals surface area contributed by atoms with Crippen LogP contribution in [0.15, 0.2) is 54.6 Å². The van der Waals surface area contributed by atoms with E-state index in [1.54, 1.807) is 14.2 Å². The molecule has 150 valence electrons. The van der Waals surface area contributed by atoms with Crippen molar-refractivity contribution >= 4 is 16.7 Å². The maximum Gasteiger partial charge on any atom is 0.257 e. The zero-order valence-corrected chi connectivity index (χ0v) is 17.0. The number of ether oxygens (including phenoxy) is 3. The first-order valence-corrected chi connectivity index (χ1v) is 9.72. The lowest BCUT2D eigenvalue weighted by Gasteiger charge is -2.33. The van der Waals surface area contributed by atoms with Crippen LogP contribution in [-0.2, 0) is 4.74 Å². The number of amides is 1. The highest BCUT2D eigenvalue weighted by molar-refractivity contribution is 5.97. The lowest BCUT2D eigenvalue weighted by Crippen LogP contribution is -2.42. The first-order valence-electron chi connectivity index (χ1n) is 9.72. The van der Waals surface area contributed by atoms with Crippen molar-refractivity contribution in [2.24, 2.45) is 0 Å². The zero-order chi connectivity index (χ0) is 20.4. The minimum atomic E-state index is -0.157. The molecule has 5 heteroatoms. The first-order chi connectivity index (χ1) is 14.1. The van der Waals surface area contributed by atoms with Crippen molar-refractivity contribution in [1.29, 1.82) is 0 Å². The van der Waals surface area contributed by atoms with Gasteiger partial charge < -0.3 is 19.1 Å². The molecule has 0 saturated carbocycles. The number of carbonyl (C=O) groups excluding carboxylic acids is 1. The summed E-state index contributed by atoms with van der Waals surface area (Å²) in [5, 5.41) is 2.23. The van der Waals surface area contributed by atoms with Gasteiger partial charge in [0.1, 0.15) is 17.6 Å². The second-order valence-corrected chi connectivity index (χ2v) is 7.29. The largest absolute Gasteiger partial charge is 0.497 e. The minimum Gasteiger partial charge on any atom is -0.497 e. The van der Waals surface area contributed by atoms with Gasteiger partial charge in [-0.15, -0.1) is 0 Å². The van der Waals surface area contributed by atoms with Crippen molar-refractivity contribution in [2.75, 3.05) is 33.9 Å². The summed E-state index contributed by atoms with van der Waals surface area (Å²) in [6.45, 7) is 3.57. The molecule has 0 unspecified atom stereocenters. The molecule has 3 aromatic rings. The number of nitrogens with zero attached hydrogens (tertiary/aromatic N) is 1. The lowest BCUT2D eigenvalue weighted by molar-refractivity contribution is -0.0228. The van der Waals surface area contributed by atoms with Crippen LogP contribution in [-0.4, -0.2) is 44.7 Å². The van der Waals surface area contributed by atoms with E-state index in [0.29, 0.717) is 31.0 Å². The molecule has 0 spiro atoms. The van der Waals surface area contributed by atoms with Crippen molar-refractivity contribution in [3.63, 3.8) is 0 Å². The van der Waals surface area contributed by atoms with Crippen LogP contribution in [0.5, 0.6) is 11.5 Å². The average Bonchev–Trinajstić information content (AvgIpc) is 2.77. The number of aryl methyl sites for hydroxylation is 1. The average molecular weight is 391 g/mol. The molecule has 1 heterocycles. The summed E-state index contributed by atoms with van der Waals surface area (Å²) in [5.74, 6) is 1.42. The lowest BCUT2D eigenvalue weighted by atomic mass is 10.0. The number of morpholine rings is 1. The Kier molecular flexibility index (Phi) is 5.41. The van der Waals surface area contributed by atoms with E-state index in [0.717, 1.165) is 27.6 Å². The highest BCUT2D eigenvalue weighted by Gasteiger charge is 2.27. The quantitative estimate of drug-likeness (QED) is 0.662. The van der Waals surface area contributed by atoms with E-state index in [-0.39, 0.29) is 12.0 Å². The van der Waals surface area contributed by atoms with E-state index >= 15 is 0 Å². The van der Waals surface area contributed by atoms with Gasteiger partial charge in [-0.3, -0.25) is 4.79 Å². The predicted octanol–water partition coefficient (Wildman–Crippen LogP) is 4.38. The van der Waals surface area contributed by atoms with Gasteiger partial charge in [0.05, 0.1) is 32.9 Å². The minimum absolute atomic E-state index is 0.0272. The fraction of sp³-hybridized carbons (Fsp3) is 0.292. The Morgan fingerprint density at radius 3 is 2.59 bits per heavy atom. The molecule has 4 rings (SSSR count). The summed E-state index contributed by atoms with van der Waals surface area (Å²) in [6.07, 6.45) is -0.157. The van der Waals surface area contributed by atoms with Crippen LogP contribution in [0.25, 0.3) is 10.8 Å². The van der Waals surface area contributed by atoms with Crippen LogP contribution >= 0.6 is 0 Å². The molecule has 0 aliphatic carbocycles. The van der Waals surface area contributed by atoms with Gasteiger partial charge >= 0.3 is 0 Å². The molecule has 1 saturated heterocycles. The fourth-order valence-electron chi connectivity index (χ4n) is 3.75. The second kappa shape index (κ2) is 8.13. The fourth-order valence-corrected chi connectivity index (χ4v) is 3.75. The van der Waals surface area contributed by atoms with E-state index in [1.165, 1.54) is 0 Å². The first kappa shape index (κ1) is 19.3. The molecular formula is C24H25NO4. The van der Waals surface area contributed by atoms with Gasteiger partial charge in [0.15, 0.2) is 0 Å². The number of hydrogen-bond donors (Lipinski definition) is 0. The number of hydrogen-bond acceptors (Lipinski definition) is 4. The summed E-state index contributed by atoms with van der Waals surface area (Å²) < 4.78 is 16.7. The summed E-state index contributed by atoms with van der Waals surface area (Å²) >= 11 is 0. The molecule has 1 fully saturated rings. The van der Waals surface area contributed by atoms with Crippen molar-refractivity contribution in [3.05, 3.63) is 71.3 Å². The molecule has 1 aliphatic heterocycles. The summed E-state index contributed by atoms with van der Waals surface area (Å²) in [4.78, 5) is 15.0. The third-order valence-corrected chi connectivity index (χ3v) is 5.38. The van der Waals surface area contributed by atoms with Crippen LogP contribution in [0.1, 0.15) is 27.6 Å².